The van der Waals surface area contributed by atoms with E-state index in [1.54, 1.807) is 0 Å². The van der Waals surface area contributed by atoms with Gasteiger partial charge in [-0.1, -0.05) is 32.1 Å². The van der Waals surface area contributed by atoms with Gasteiger partial charge in [0.15, 0.2) is 0 Å². The Hall–Kier alpha value is -1.44. The molecule has 2 rings (SSSR count). The smallest absolute Gasteiger partial charge is 0.0605 e. The molecule has 0 atom stereocenters. The molecule has 2 heteroatoms. The van der Waals surface area contributed by atoms with Crippen molar-refractivity contribution in [3.05, 3.63) is 36.9 Å². The highest BCUT2D eigenvalue weighted by molar-refractivity contribution is 5.71. The Balaban J connectivity index is 2.36. The quantitative estimate of drug-likeness (QED) is 0.764. The molecule has 0 aromatic heterocycles. The molecule has 1 heterocycles. The summed E-state index contributed by atoms with van der Waals surface area (Å²) in [6.07, 6.45) is 1.97. The number of nitrogens with zero attached hydrogens (tertiary/aromatic N) is 1. The van der Waals surface area contributed by atoms with Crippen LogP contribution in [0.25, 0.3) is 0 Å². The zero-order valence-electron chi connectivity index (χ0n) is 10.2. The molecule has 0 amide bonds. The van der Waals surface area contributed by atoms with Crippen LogP contribution in [-0.2, 0) is 0 Å². The van der Waals surface area contributed by atoms with Crippen LogP contribution in [0.1, 0.15) is 13.8 Å². The van der Waals surface area contributed by atoms with Gasteiger partial charge in [0.2, 0.25) is 0 Å². The summed E-state index contributed by atoms with van der Waals surface area (Å²) in [6, 6.07) is 8.49. The Kier molecular flexibility index (Phi) is 2.90. The van der Waals surface area contributed by atoms with Crippen LogP contribution in [0.4, 0.5) is 11.4 Å². The van der Waals surface area contributed by atoms with Gasteiger partial charge in [-0.3, -0.25) is 0 Å². The summed E-state index contributed by atoms with van der Waals surface area (Å²) in [7, 11) is 0. The summed E-state index contributed by atoms with van der Waals surface area (Å²) in [5.74, 6) is 0. The number of anilines is 2. The second-order valence-electron chi connectivity index (χ2n) is 5.20. The Bertz CT molecular complexity index is 382. The molecule has 1 aliphatic rings. The largest absolute Gasteiger partial charge is 0.383 e. The minimum Gasteiger partial charge on any atom is -0.383 e. The number of para-hydroxylation sites is 2. The van der Waals surface area contributed by atoms with E-state index in [1.165, 1.54) is 11.4 Å². The first-order valence-corrected chi connectivity index (χ1v) is 5.81. The molecule has 0 saturated carbocycles. The van der Waals surface area contributed by atoms with Crippen molar-refractivity contribution < 1.29 is 0 Å². The third kappa shape index (κ3) is 2.21. The Morgan fingerprint density at radius 2 is 2.19 bits per heavy atom. The molecule has 0 bridgehead atoms. The summed E-state index contributed by atoms with van der Waals surface area (Å²) in [4.78, 5) is 2.39. The molecule has 0 saturated heterocycles. The number of benzene rings is 1. The van der Waals surface area contributed by atoms with Gasteiger partial charge in [-0.05, 0) is 17.5 Å². The van der Waals surface area contributed by atoms with Crippen LogP contribution in [0.2, 0.25) is 0 Å². The molecule has 86 valence electrons. The van der Waals surface area contributed by atoms with Gasteiger partial charge in [-0.15, -0.1) is 6.58 Å². The van der Waals surface area contributed by atoms with Crippen LogP contribution in [-0.4, -0.2) is 19.6 Å². The van der Waals surface area contributed by atoms with Crippen molar-refractivity contribution in [2.45, 2.75) is 13.8 Å². The fourth-order valence-corrected chi connectivity index (χ4v) is 2.21. The van der Waals surface area contributed by atoms with Crippen LogP contribution < -0.4 is 10.2 Å². The second-order valence-corrected chi connectivity index (χ2v) is 5.20. The fraction of sp³-hybridized carbons (Fsp3) is 0.429. The molecule has 0 fully saturated rings. The first kappa shape index (κ1) is 11.1. The molecule has 1 aromatic carbocycles. The number of hydrogen-bond acceptors (Lipinski definition) is 2. The van der Waals surface area contributed by atoms with Crippen molar-refractivity contribution in [3.63, 3.8) is 0 Å². The molecule has 0 spiro atoms. The molecule has 16 heavy (non-hydrogen) atoms. The monoisotopic (exact) mass is 216 g/mol. The standard InChI is InChI=1S/C14H20N2/c1-4-9-16-11-14(2,3)10-15-12-7-5-6-8-13(12)16/h4-8,15H,1,9-11H2,2-3H3. The van der Waals surface area contributed by atoms with Gasteiger partial charge >= 0.3 is 0 Å². The van der Waals surface area contributed by atoms with Crippen LogP contribution in [0, 0.1) is 5.41 Å². The van der Waals surface area contributed by atoms with E-state index >= 15 is 0 Å². The highest BCUT2D eigenvalue weighted by Gasteiger charge is 2.26. The van der Waals surface area contributed by atoms with Crippen molar-refractivity contribution in [3.8, 4) is 0 Å². The lowest BCUT2D eigenvalue weighted by atomic mass is 9.93. The van der Waals surface area contributed by atoms with Crippen molar-refractivity contribution in [1.82, 2.24) is 0 Å². The van der Waals surface area contributed by atoms with E-state index in [1.807, 2.05) is 6.08 Å². The van der Waals surface area contributed by atoms with E-state index in [2.05, 4.69) is 54.9 Å². The van der Waals surface area contributed by atoms with E-state index in [4.69, 9.17) is 0 Å². The molecule has 1 aromatic rings. The predicted molar refractivity (Wildman–Crippen MR) is 71.1 cm³/mol. The maximum Gasteiger partial charge on any atom is 0.0605 e. The van der Waals surface area contributed by atoms with Crippen LogP contribution in [0.3, 0.4) is 0 Å². The van der Waals surface area contributed by atoms with E-state index in [0.29, 0.717) is 0 Å². The SMILES string of the molecule is C=CCN1CC(C)(C)CNc2ccccc21. The maximum atomic E-state index is 3.84. The summed E-state index contributed by atoms with van der Waals surface area (Å²) >= 11 is 0. The Morgan fingerprint density at radius 1 is 1.44 bits per heavy atom. The van der Waals surface area contributed by atoms with Crippen LogP contribution in [0.15, 0.2) is 36.9 Å². The molecular formula is C14H20N2. The summed E-state index contributed by atoms with van der Waals surface area (Å²) in [5, 5.41) is 3.53. The van der Waals surface area contributed by atoms with Gasteiger partial charge in [0.25, 0.3) is 0 Å². The number of nitrogens with one attached hydrogen (secondary N) is 1. The lowest BCUT2D eigenvalue weighted by molar-refractivity contribution is 0.399. The summed E-state index contributed by atoms with van der Waals surface area (Å²) < 4.78 is 0. The lowest BCUT2D eigenvalue weighted by Crippen LogP contribution is -2.35. The molecule has 0 aliphatic carbocycles. The van der Waals surface area contributed by atoms with E-state index in [9.17, 15) is 0 Å². The minimum absolute atomic E-state index is 0.280. The first-order valence-electron chi connectivity index (χ1n) is 5.81. The molecule has 1 N–H and O–H groups in total. The third-order valence-electron chi connectivity index (χ3n) is 2.97. The fourth-order valence-electron chi connectivity index (χ4n) is 2.21. The Labute approximate surface area is 98.0 Å². The summed E-state index contributed by atoms with van der Waals surface area (Å²) in [5.41, 5.74) is 2.80. The number of hydrogen-bond donors (Lipinski definition) is 1. The number of fused-ring (bicyclic) bond motifs is 1. The molecule has 2 nitrogen and oxygen atoms in total. The Morgan fingerprint density at radius 3 is 2.94 bits per heavy atom. The van der Waals surface area contributed by atoms with Crippen molar-refractivity contribution >= 4 is 11.4 Å². The third-order valence-corrected chi connectivity index (χ3v) is 2.97. The minimum atomic E-state index is 0.280. The summed E-state index contributed by atoms with van der Waals surface area (Å²) in [6.45, 7) is 11.4. The van der Waals surface area contributed by atoms with Crippen molar-refractivity contribution in [1.29, 1.82) is 0 Å². The molecular weight excluding hydrogens is 196 g/mol. The van der Waals surface area contributed by atoms with E-state index < -0.39 is 0 Å². The van der Waals surface area contributed by atoms with Gasteiger partial charge in [-0.2, -0.15) is 0 Å². The maximum absolute atomic E-state index is 3.84. The van der Waals surface area contributed by atoms with Crippen molar-refractivity contribution in [2.24, 2.45) is 5.41 Å². The van der Waals surface area contributed by atoms with E-state index in [0.717, 1.165) is 19.6 Å². The van der Waals surface area contributed by atoms with Gasteiger partial charge < -0.3 is 10.2 Å². The highest BCUT2D eigenvalue weighted by atomic mass is 15.2. The normalized spacial score (nSPS) is 18.2. The number of rotatable bonds is 2. The van der Waals surface area contributed by atoms with E-state index in [-0.39, 0.29) is 5.41 Å². The average Bonchev–Trinajstić information content (AvgIpc) is 2.38. The first-order chi connectivity index (χ1) is 7.62. The predicted octanol–water partition coefficient (Wildman–Crippen LogP) is 3.13. The topological polar surface area (TPSA) is 15.3 Å². The zero-order valence-corrected chi connectivity index (χ0v) is 10.2. The average molecular weight is 216 g/mol. The molecule has 0 radical (unpaired) electrons. The second kappa shape index (κ2) is 4.20. The van der Waals surface area contributed by atoms with Gasteiger partial charge in [0.05, 0.1) is 11.4 Å². The lowest BCUT2D eigenvalue weighted by Gasteiger charge is -2.30. The van der Waals surface area contributed by atoms with Crippen LogP contribution >= 0.6 is 0 Å². The highest BCUT2D eigenvalue weighted by Crippen LogP contribution is 2.32. The molecule has 1 aliphatic heterocycles. The van der Waals surface area contributed by atoms with Crippen molar-refractivity contribution in [2.75, 3.05) is 29.9 Å². The zero-order chi connectivity index (χ0) is 11.6. The van der Waals surface area contributed by atoms with Gasteiger partial charge in [0.1, 0.15) is 0 Å². The van der Waals surface area contributed by atoms with Gasteiger partial charge in [0, 0.05) is 19.6 Å². The van der Waals surface area contributed by atoms with Gasteiger partial charge in [-0.25, -0.2) is 0 Å². The molecule has 0 unspecified atom stereocenters. The van der Waals surface area contributed by atoms with Crippen LogP contribution in [0.5, 0.6) is 0 Å².